The number of phenols is 4. The molecule has 0 spiro atoms. The Morgan fingerprint density at radius 2 is 1.57 bits per heavy atom. The Morgan fingerprint density at radius 3 is 2.16 bits per heavy atom. The van der Waals surface area contributed by atoms with Crippen molar-refractivity contribution in [3.05, 3.63) is 87.6 Å². The van der Waals surface area contributed by atoms with Crippen molar-refractivity contribution in [1.82, 2.24) is 25.3 Å². The minimum absolute atomic E-state index is 0.0432. The van der Waals surface area contributed by atoms with Crippen LogP contribution < -0.4 is 15.3 Å². The molecule has 2 unspecified atom stereocenters. The van der Waals surface area contributed by atoms with Crippen molar-refractivity contribution in [2.24, 2.45) is 5.92 Å². The number of carboxylic acid groups (broad SMARTS) is 1. The maximum Gasteiger partial charge on any atom is 0.549 e. The molecule has 3 heterocycles. The molecular formula is C40H43BClF2N5O12. The number of rotatable bonds is 9. The molecule has 5 amide bonds. The van der Waals surface area contributed by atoms with Crippen molar-refractivity contribution in [2.45, 2.75) is 57.1 Å². The van der Waals surface area contributed by atoms with Crippen LogP contribution in [0.25, 0.3) is 0 Å². The summed E-state index contributed by atoms with van der Waals surface area (Å²) in [6.07, 6.45) is 3.50. The smallest absolute Gasteiger partial charge is 0.534 e. The predicted molar refractivity (Wildman–Crippen MR) is 213 cm³/mol. The molecule has 3 fully saturated rings. The third-order valence-corrected chi connectivity index (χ3v) is 11.2. The van der Waals surface area contributed by atoms with Gasteiger partial charge in [-0.15, -0.1) is 0 Å². The summed E-state index contributed by atoms with van der Waals surface area (Å²) in [5, 5.41) is 54.3. The molecule has 3 aromatic rings. The number of carbonyl (C=O) groups is 5. The second kappa shape index (κ2) is 18.1. The summed E-state index contributed by atoms with van der Waals surface area (Å²) in [6.45, 7) is 6.23. The maximum absolute atomic E-state index is 14.8. The number of aromatic hydroxyl groups is 4. The van der Waals surface area contributed by atoms with Crippen molar-refractivity contribution < 1.29 is 67.6 Å². The van der Waals surface area contributed by atoms with E-state index in [-0.39, 0.29) is 85.1 Å². The molecule has 3 aromatic carbocycles. The summed E-state index contributed by atoms with van der Waals surface area (Å²) >= 11 is 6.32. The van der Waals surface area contributed by atoms with Gasteiger partial charge in [0.1, 0.15) is 28.6 Å². The molecule has 1 aliphatic carbocycles. The van der Waals surface area contributed by atoms with Crippen molar-refractivity contribution in [3.63, 3.8) is 0 Å². The number of piperazine rings is 1. The number of piperidine rings is 1. The Hall–Kier alpha value is -6.28. The number of fused-ring (bicyclic) bond motifs is 1. The topological polar surface area (TPSA) is 239 Å². The number of halogens is 3. The van der Waals surface area contributed by atoms with E-state index < -0.39 is 88.6 Å². The van der Waals surface area contributed by atoms with Crippen LogP contribution in [-0.4, -0.2) is 122 Å². The average molecular weight is 870 g/mol. The number of nitrogens with zero attached hydrogens (tertiary/aromatic N) is 3. The van der Waals surface area contributed by atoms with Gasteiger partial charge in [-0.2, -0.15) is 0 Å². The lowest BCUT2D eigenvalue weighted by atomic mass is 9.71. The molecule has 7 N–H and O–H groups in total. The minimum atomic E-state index is -1.58. The van der Waals surface area contributed by atoms with Crippen molar-refractivity contribution >= 4 is 48.4 Å². The SMILES string of the molecule is C=C(NC1Cc2ccc(F)c(C(=O)O)c2OB1OC)C(NC(=O)N1CCN(C2CCN(C(=O)c3cc(O)cc(O)c3)CC2)C(=O)C1=O)c1cc(F)c(O)c(O)c1Cl.CC1CC1. The fourth-order valence-corrected chi connectivity index (χ4v) is 7.56. The third-order valence-electron chi connectivity index (χ3n) is 10.8. The van der Waals surface area contributed by atoms with Gasteiger partial charge in [-0.25, -0.2) is 18.4 Å². The number of benzene rings is 3. The highest BCUT2D eigenvalue weighted by Gasteiger charge is 2.43. The molecule has 61 heavy (non-hydrogen) atoms. The first-order valence-electron chi connectivity index (χ1n) is 19.2. The zero-order valence-electron chi connectivity index (χ0n) is 33.0. The Morgan fingerprint density at radius 1 is 0.934 bits per heavy atom. The molecule has 21 heteroatoms. The van der Waals surface area contributed by atoms with Gasteiger partial charge in [-0.05, 0) is 55.0 Å². The fourth-order valence-electron chi connectivity index (χ4n) is 7.31. The van der Waals surface area contributed by atoms with Gasteiger partial charge in [-0.1, -0.05) is 44.0 Å². The van der Waals surface area contributed by atoms with Gasteiger partial charge in [-0.3, -0.25) is 19.3 Å². The Kier molecular flexibility index (Phi) is 13.2. The van der Waals surface area contributed by atoms with Crippen LogP contribution in [0.4, 0.5) is 13.6 Å². The number of phenolic OH excluding ortho intramolecular Hbond substituents is 4. The van der Waals surface area contributed by atoms with E-state index in [1.165, 1.54) is 48.0 Å². The summed E-state index contributed by atoms with van der Waals surface area (Å²) in [6, 6.07) is 3.29. The highest BCUT2D eigenvalue weighted by Crippen LogP contribution is 2.42. The summed E-state index contributed by atoms with van der Waals surface area (Å²) < 4.78 is 40.3. The molecule has 17 nitrogen and oxygen atoms in total. The first-order valence-corrected chi connectivity index (χ1v) is 19.6. The van der Waals surface area contributed by atoms with E-state index in [0.717, 1.165) is 18.1 Å². The largest absolute Gasteiger partial charge is 0.549 e. The Labute approximate surface area is 353 Å². The number of likely N-dealkylation sites (tertiary alicyclic amines) is 1. The van der Waals surface area contributed by atoms with Gasteiger partial charge in [0.2, 0.25) is 0 Å². The van der Waals surface area contributed by atoms with Gasteiger partial charge in [0, 0.05) is 62.2 Å². The van der Waals surface area contributed by atoms with Gasteiger partial charge in [0.05, 0.1) is 17.0 Å². The number of nitrogens with one attached hydrogen (secondary N) is 2. The summed E-state index contributed by atoms with van der Waals surface area (Å²) in [5.74, 6) is -9.55. The second-order valence-electron chi connectivity index (χ2n) is 15.2. The van der Waals surface area contributed by atoms with Crippen molar-refractivity contribution in [3.8, 4) is 28.7 Å². The van der Waals surface area contributed by atoms with Crippen LogP contribution in [0.2, 0.25) is 5.02 Å². The molecule has 1 saturated carbocycles. The number of hydrogen-bond donors (Lipinski definition) is 7. The number of carbonyl (C=O) groups excluding carboxylic acids is 4. The molecule has 4 aliphatic rings. The Balaban J connectivity index is 0.00000147. The quantitative estimate of drug-likeness (QED) is 0.0914. The van der Waals surface area contributed by atoms with E-state index in [9.17, 15) is 58.3 Å². The first kappa shape index (κ1) is 44.3. The zero-order chi connectivity index (χ0) is 44.4. The molecule has 3 aliphatic heterocycles. The highest BCUT2D eigenvalue weighted by atomic mass is 35.5. The number of imide groups is 1. The third kappa shape index (κ3) is 9.54. The van der Waals surface area contributed by atoms with Crippen LogP contribution >= 0.6 is 11.6 Å². The molecular weight excluding hydrogens is 827 g/mol. The van der Waals surface area contributed by atoms with Crippen LogP contribution in [0.15, 0.2) is 48.7 Å². The van der Waals surface area contributed by atoms with Crippen LogP contribution in [0, 0.1) is 17.6 Å². The van der Waals surface area contributed by atoms with Gasteiger partial charge >= 0.3 is 30.9 Å². The normalized spacial score (nSPS) is 18.3. The lowest BCUT2D eigenvalue weighted by Gasteiger charge is -2.41. The van der Waals surface area contributed by atoms with Crippen molar-refractivity contribution in [2.75, 3.05) is 33.3 Å². The Bertz CT molecular complexity index is 2250. The lowest BCUT2D eigenvalue weighted by Crippen LogP contribution is -2.62. The highest BCUT2D eigenvalue weighted by molar-refractivity contribution is 6.48. The molecule has 0 radical (unpaired) electrons. The van der Waals surface area contributed by atoms with E-state index in [1.54, 1.807) is 0 Å². The van der Waals surface area contributed by atoms with E-state index in [4.69, 9.17) is 20.9 Å². The average Bonchev–Trinajstić information content (AvgIpc) is 4.02. The van der Waals surface area contributed by atoms with E-state index in [1.807, 2.05) is 0 Å². The zero-order valence-corrected chi connectivity index (χ0v) is 33.7. The number of carboxylic acids is 1. The van der Waals surface area contributed by atoms with Gasteiger partial charge in [0.25, 0.3) is 5.91 Å². The summed E-state index contributed by atoms with van der Waals surface area (Å²) in [4.78, 5) is 68.8. The molecule has 2 atom stereocenters. The standard InChI is InChI=1S/C36H35BClF2N5O12.C4H8/c1-16(41-25-13-17-3-4-23(39)26(35(53)54)31(17)57-37(25)56-2)28(22-15-24(40)29(48)30(49)27(22)38)42-36(55)45-10-9-44(33(51)34(45)52)19-5-7-43(8-6-19)32(50)18-11-20(46)14-21(47)12-18;1-4-2-3-4/h3-4,11-12,14-15,19,25,28,41,46-49H,1,5-10,13H2,2H3,(H,42,55)(H,53,54);4H,2-3H2,1H3. The number of hydrogen-bond acceptors (Lipinski definition) is 12. The van der Waals surface area contributed by atoms with Crippen LogP contribution in [0.1, 0.15) is 70.5 Å². The molecule has 0 aromatic heterocycles. The number of urea groups is 1. The monoisotopic (exact) mass is 869 g/mol. The molecule has 7 rings (SSSR count). The summed E-state index contributed by atoms with van der Waals surface area (Å²) in [5.41, 5.74) is -0.882. The molecule has 0 bridgehead atoms. The van der Waals surface area contributed by atoms with Crippen LogP contribution in [0.5, 0.6) is 28.7 Å². The predicted octanol–water partition coefficient (Wildman–Crippen LogP) is 4.06. The van der Waals surface area contributed by atoms with Crippen molar-refractivity contribution in [1.29, 1.82) is 0 Å². The number of aromatic carboxylic acids is 1. The van der Waals surface area contributed by atoms with E-state index in [0.29, 0.717) is 11.0 Å². The van der Waals surface area contributed by atoms with Gasteiger partial charge in [0.15, 0.2) is 17.3 Å². The maximum atomic E-state index is 14.8. The van der Waals surface area contributed by atoms with Crippen LogP contribution in [-0.2, 0) is 20.7 Å². The molecule has 324 valence electrons. The van der Waals surface area contributed by atoms with E-state index in [2.05, 4.69) is 24.1 Å². The second-order valence-corrected chi connectivity index (χ2v) is 15.5. The van der Waals surface area contributed by atoms with Gasteiger partial charge < -0.3 is 55.3 Å². The van der Waals surface area contributed by atoms with E-state index >= 15 is 0 Å². The first-order chi connectivity index (χ1) is 28.9. The lowest BCUT2D eigenvalue weighted by molar-refractivity contribution is -0.156. The minimum Gasteiger partial charge on any atom is -0.534 e. The fraction of sp³-hybridized carbons (Fsp3) is 0.375. The summed E-state index contributed by atoms with van der Waals surface area (Å²) in [7, 11) is -0.0475. The van der Waals surface area contributed by atoms with Crippen LogP contribution in [0.3, 0.4) is 0 Å². The number of amides is 5. The molecule has 2 saturated heterocycles.